The first-order chi connectivity index (χ1) is 20.5. The fraction of sp³-hybridized carbons (Fsp3) is 0.360. The second-order valence-corrected chi connectivity index (χ2v) is 9.98. The number of carbonyl (C=O) groups is 4. The molecule has 0 saturated heterocycles. The van der Waals surface area contributed by atoms with Gasteiger partial charge in [-0.2, -0.15) is 26.3 Å². The molecule has 0 fully saturated rings. The van der Waals surface area contributed by atoms with Gasteiger partial charge in [0, 0.05) is 30.6 Å². The molecule has 5 N–H and O–H groups in total. The number of carbonyl (C=O) groups excluding carboxylic acids is 4. The summed E-state index contributed by atoms with van der Waals surface area (Å²) in [4.78, 5) is 50.0. The Balaban J connectivity index is 1.58. The summed E-state index contributed by atoms with van der Waals surface area (Å²) in [6.07, 6.45) is -9.96. The van der Waals surface area contributed by atoms with Gasteiger partial charge < -0.3 is 35.3 Å². The van der Waals surface area contributed by atoms with Gasteiger partial charge in [-0.1, -0.05) is 0 Å². The van der Waals surface area contributed by atoms with E-state index in [0.717, 1.165) is 12.1 Å². The fourth-order valence-corrected chi connectivity index (χ4v) is 4.66. The van der Waals surface area contributed by atoms with Crippen molar-refractivity contribution >= 4 is 48.7 Å². The van der Waals surface area contributed by atoms with Gasteiger partial charge in [-0.25, -0.2) is 0 Å². The zero-order valence-electron chi connectivity index (χ0n) is 22.7. The Bertz CT molecular complexity index is 1500. The van der Waals surface area contributed by atoms with Crippen LogP contribution in [0.15, 0.2) is 24.3 Å². The van der Waals surface area contributed by atoms with Crippen molar-refractivity contribution in [3.8, 4) is 0 Å². The maximum atomic E-state index is 13.7. The topological polar surface area (TPSA) is 163 Å². The highest BCUT2D eigenvalue weighted by atomic mass is 19.4. The molecule has 4 rings (SSSR count). The number of hydrogen-bond donors (Lipinski definition) is 5. The molecule has 2 aromatic rings. The highest BCUT2D eigenvalue weighted by Crippen LogP contribution is 2.35. The standard InChI is InChI=1S/C25H23B2F6N3O8/c1-11(37)2-3-34-23(40)20(36-22(39)13-5-17(25(31,32)33)15-10-44-27(42)19(15)7-13)8-35-21(38)12-4-16(24(28,29)30)14-9-43-26(41)18(14)6-12/h4-7,20,41-42H,2-3,8-10H2,1H3,(H,34,40)(H,35,38)(H,36,39)/t20-/m0/s1. The average molecular weight is 629 g/mol. The van der Waals surface area contributed by atoms with Crippen LogP contribution >= 0.6 is 0 Å². The molecule has 44 heavy (non-hydrogen) atoms. The highest BCUT2D eigenvalue weighted by Gasteiger charge is 2.42. The molecule has 0 aliphatic carbocycles. The predicted octanol–water partition coefficient (Wildman–Crippen LogP) is -0.217. The first-order valence-corrected chi connectivity index (χ1v) is 12.9. The zero-order chi connectivity index (χ0) is 32.6. The smallest absolute Gasteiger partial charge is 0.423 e. The fourth-order valence-electron chi connectivity index (χ4n) is 4.66. The van der Waals surface area contributed by atoms with E-state index in [4.69, 9.17) is 9.31 Å². The minimum absolute atomic E-state index is 0.115. The molecule has 3 amide bonds. The van der Waals surface area contributed by atoms with Gasteiger partial charge in [0.1, 0.15) is 11.8 Å². The van der Waals surface area contributed by atoms with Crippen LogP contribution in [0.25, 0.3) is 0 Å². The molecule has 0 saturated carbocycles. The third kappa shape index (κ3) is 7.23. The monoisotopic (exact) mass is 629 g/mol. The predicted molar refractivity (Wildman–Crippen MR) is 140 cm³/mol. The largest absolute Gasteiger partial charge is 0.491 e. The number of halogens is 6. The first-order valence-electron chi connectivity index (χ1n) is 12.9. The van der Waals surface area contributed by atoms with Crippen molar-refractivity contribution in [1.82, 2.24) is 16.0 Å². The lowest BCUT2D eigenvalue weighted by Crippen LogP contribution is -2.53. The van der Waals surface area contributed by atoms with Crippen LogP contribution in [0.1, 0.15) is 56.3 Å². The van der Waals surface area contributed by atoms with Crippen molar-refractivity contribution in [2.24, 2.45) is 0 Å². The lowest BCUT2D eigenvalue weighted by atomic mass is 9.77. The minimum Gasteiger partial charge on any atom is -0.423 e. The molecule has 0 unspecified atom stereocenters. The molecule has 1 atom stereocenters. The molecular weight excluding hydrogens is 606 g/mol. The summed E-state index contributed by atoms with van der Waals surface area (Å²) in [7, 11) is -3.47. The van der Waals surface area contributed by atoms with Crippen molar-refractivity contribution in [3.05, 3.63) is 57.6 Å². The number of amides is 3. The normalized spacial score (nSPS) is 15.0. The third-order valence-electron chi connectivity index (χ3n) is 6.87. The lowest BCUT2D eigenvalue weighted by molar-refractivity contribution is -0.139. The van der Waals surface area contributed by atoms with Crippen LogP contribution in [0.4, 0.5) is 26.3 Å². The van der Waals surface area contributed by atoms with Gasteiger partial charge in [-0.3, -0.25) is 19.2 Å². The van der Waals surface area contributed by atoms with E-state index in [1.54, 1.807) is 0 Å². The summed E-state index contributed by atoms with van der Waals surface area (Å²) < 4.78 is 91.6. The Morgan fingerprint density at radius 3 is 1.75 bits per heavy atom. The average Bonchev–Trinajstić information content (AvgIpc) is 3.50. The molecule has 2 aromatic carbocycles. The number of alkyl halides is 6. The molecule has 0 radical (unpaired) electrons. The molecule has 234 valence electrons. The summed E-state index contributed by atoms with van der Waals surface area (Å²) in [6, 6.07) is 1.24. The van der Waals surface area contributed by atoms with E-state index in [2.05, 4.69) is 16.0 Å². The third-order valence-corrected chi connectivity index (χ3v) is 6.87. The van der Waals surface area contributed by atoms with E-state index in [1.807, 2.05) is 0 Å². The van der Waals surface area contributed by atoms with Gasteiger partial charge >= 0.3 is 26.6 Å². The number of hydrogen-bond acceptors (Lipinski definition) is 8. The number of benzene rings is 2. The summed E-state index contributed by atoms with van der Waals surface area (Å²) in [5, 5.41) is 26.5. The van der Waals surface area contributed by atoms with Crippen molar-refractivity contribution in [2.45, 2.75) is 45.0 Å². The van der Waals surface area contributed by atoms with Crippen LogP contribution in [-0.4, -0.2) is 66.9 Å². The molecule has 2 aliphatic rings. The summed E-state index contributed by atoms with van der Waals surface area (Å²) >= 11 is 0. The van der Waals surface area contributed by atoms with Gasteiger partial charge in [0.05, 0.1) is 24.3 Å². The maximum absolute atomic E-state index is 13.7. The number of Topliss-reactive ketones (excluding diaryl/α,β-unsaturated/α-hetero) is 1. The van der Waals surface area contributed by atoms with Crippen molar-refractivity contribution < 1.29 is 64.9 Å². The van der Waals surface area contributed by atoms with Crippen LogP contribution in [0, 0.1) is 0 Å². The molecule has 11 nitrogen and oxygen atoms in total. The SMILES string of the molecule is CC(=O)CCNC(=O)[C@H](CNC(=O)c1cc2c(c(C(F)(F)F)c1)COB2O)NC(=O)c1cc2c(c(C(F)(F)F)c1)COB2O. The molecule has 0 aromatic heterocycles. The van der Waals surface area contributed by atoms with E-state index in [0.29, 0.717) is 12.1 Å². The Hall–Kier alpha value is -3.93. The number of ketones is 1. The second-order valence-electron chi connectivity index (χ2n) is 9.98. The van der Waals surface area contributed by atoms with Crippen LogP contribution < -0.4 is 26.9 Å². The molecule has 0 spiro atoms. The zero-order valence-corrected chi connectivity index (χ0v) is 22.7. The highest BCUT2D eigenvalue weighted by molar-refractivity contribution is 6.62. The van der Waals surface area contributed by atoms with Crippen molar-refractivity contribution in [3.63, 3.8) is 0 Å². The summed E-state index contributed by atoms with van der Waals surface area (Å²) in [5.41, 5.74) is -5.01. The molecule has 19 heteroatoms. The molecule has 2 heterocycles. The maximum Gasteiger partial charge on any atom is 0.491 e. The van der Waals surface area contributed by atoms with E-state index in [-0.39, 0.29) is 40.8 Å². The Labute approximate surface area is 245 Å². The van der Waals surface area contributed by atoms with Crippen molar-refractivity contribution in [2.75, 3.05) is 13.1 Å². The molecule has 2 aliphatic heterocycles. The van der Waals surface area contributed by atoms with Gasteiger partial charge in [0.25, 0.3) is 11.8 Å². The van der Waals surface area contributed by atoms with Gasteiger partial charge in [-0.15, -0.1) is 0 Å². The lowest BCUT2D eigenvalue weighted by Gasteiger charge is -2.20. The number of rotatable bonds is 9. The summed E-state index contributed by atoms with van der Waals surface area (Å²) in [5.74, 6) is -3.66. The van der Waals surface area contributed by atoms with Crippen LogP contribution in [0.5, 0.6) is 0 Å². The Morgan fingerprint density at radius 2 is 1.30 bits per heavy atom. The van der Waals surface area contributed by atoms with Gasteiger partial charge in [-0.05, 0) is 53.2 Å². The van der Waals surface area contributed by atoms with E-state index in [1.165, 1.54) is 6.92 Å². The van der Waals surface area contributed by atoms with E-state index in [9.17, 15) is 55.6 Å². The Kier molecular flexibility index (Phi) is 9.43. The molecule has 0 bridgehead atoms. The van der Waals surface area contributed by atoms with Gasteiger partial charge in [0.2, 0.25) is 5.91 Å². The van der Waals surface area contributed by atoms with Crippen LogP contribution in [-0.2, 0) is 44.5 Å². The molecular formula is C25H23B2F6N3O8. The minimum atomic E-state index is -4.94. The first kappa shape index (κ1) is 33.0. The van der Waals surface area contributed by atoms with Crippen molar-refractivity contribution in [1.29, 1.82) is 0 Å². The quantitative estimate of drug-likeness (QED) is 0.188. The van der Waals surface area contributed by atoms with E-state index < -0.39 is 92.4 Å². The van der Waals surface area contributed by atoms with E-state index >= 15 is 0 Å². The number of fused-ring (bicyclic) bond motifs is 2. The van der Waals surface area contributed by atoms with Crippen LogP contribution in [0.2, 0.25) is 0 Å². The number of nitrogens with one attached hydrogen (secondary N) is 3. The van der Waals surface area contributed by atoms with Gasteiger partial charge in [0.15, 0.2) is 0 Å². The van der Waals surface area contributed by atoms with Crippen LogP contribution in [0.3, 0.4) is 0 Å². The summed E-state index contributed by atoms with van der Waals surface area (Å²) in [6.45, 7) is -0.834. The second kappa shape index (κ2) is 12.6. The Morgan fingerprint density at radius 1 is 0.818 bits per heavy atom.